The first-order valence-electron chi connectivity index (χ1n) is 4.33. The van der Waals surface area contributed by atoms with Crippen LogP contribution in [0.1, 0.15) is 23.2 Å². The van der Waals surface area contributed by atoms with Crippen LogP contribution in [0.5, 0.6) is 0 Å². The third-order valence-electron chi connectivity index (χ3n) is 2.36. The van der Waals surface area contributed by atoms with E-state index in [4.69, 9.17) is 5.11 Å². The van der Waals surface area contributed by atoms with Crippen LogP contribution in [-0.4, -0.2) is 23.2 Å². The van der Waals surface area contributed by atoms with Crippen molar-refractivity contribution in [2.24, 2.45) is 0 Å². The molecule has 1 aliphatic carbocycles. The van der Waals surface area contributed by atoms with Crippen molar-refractivity contribution in [1.82, 2.24) is 5.32 Å². The molecule has 14 heavy (non-hydrogen) atoms. The van der Waals surface area contributed by atoms with Crippen molar-refractivity contribution in [1.29, 1.82) is 0 Å². The average Bonchev–Trinajstić information content (AvgIpc) is 2.80. The molecule has 2 rings (SSSR count). The van der Waals surface area contributed by atoms with Crippen LogP contribution >= 0.6 is 33.9 Å². The number of aliphatic hydroxyl groups is 1. The van der Waals surface area contributed by atoms with E-state index in [-0.39, 0.29) is 18.1 Å². The highest BCUT2D eigenvalue weighted by atomic mass is 127. The Morgan fingerprint density at radius 2 is 2.43 bits per heavy atom. The summed E-state index contributed by atoms with van der Waals surface area (Å²) in [6.07, 6.45) is 1.77. The summed E-state index contributed by atoms with van der Waals surface area (Å²) < 4.78 is 1.10. The van der Waals surface area contributed by atoms with Gasteiger partial charge in [-0.3, -0.25) is 4.79 Å². The first kappa shape index (κ1) is 10.4. The van der Waals surface area contributed by atoms with Crippen molar-refractivity contribution >= 4 is 39.8 Å². The molecule has 1 aliphatic rings. The van der Waals surface area contributed by atoms with Crippen LogP contribution in [0, 0.1) is 2.88 Å². The van der Waals surface area contributed by atoms with E-state index < -0.39 is 0 Å². The molecule has 0 saturated heterocycles. The van der Waals surface area contributed by atoms with Gasteiger partial charge in [0, 0.05) is 5.38 Å². The van der Waals surface area contributed by atoms with Crippen molar-refractivity contribution < 1.29 is 9.90 Å². The molecule has 0 aromatic carbocycles. The first-order valence-corrected chi connectivity index (χ1v) is 6.28. The number of hydrogen-bond donors (Lipinski definition) is 2. The number of carbonyl (C=O) groups excluding carboxylic acids is 1. The Bertz CT molecular complexity index is 359. The summed E-state index contributed by atoms with van der Waals surface area (Å²) in [5.74, 6) is -0.0734. The number of halogens is 1. The second-order valence-corrected chi connectivity index (χ2v) is 6.34. The lowest BCUT2D eigenvalue weighted by molar-refractivity contribution is 0.0907. The number of carbonyl (C=O) groups is 1. The van der Waals surface area contributed by atoms with Gasteiger partial charge in [0.25, 0.3) is 5.91 Å². The molecule has 0 spiro atoms. The molecule has 1 aromatic rings. The number of amides is 1. The Balaban J connectivity index is 2.03. The van der Waals surface area contributed by atoms with Gasteiger partial charge in [0.2, 0.25) is 0 Å². The van der Waals surface area contributed by atoms with E-state index in [1.165, 1.54) is 0 Å². The second-order valence-electron chi connectivity index (χ2n) is 3.53. The molecule has 0 bridgehead atoms. The van der Waals surface area contributed by atoms with Crippen molar-refractivity contribution in [3.8, 4) is 0 Å². The van der Waals surface area contributed by atoms with Gasteiger partial charge in [0.05, 0.1) is 20.6 Å². The Labute approximate surface area is 99.7 Å². The van der Waals surface area contributed by atoms with E-state index in [0.29, 0.717) is 5.56 Å². The summed E-state index contributed by atoms with van der Waals surface area (Å²) in [6.45, 7) is 0.0416. The Morgan fingerprint density at radius 3 is 2.86 bits per heavy atom. The van der Waals surface area contributed by atoms with Gasteiger partial charge >= 0.3 is 0 Å². The summed E-state index contributed by atoms with van der Waals surface area (Å²) >= 11 is 3.74. The molecule has 5 heteroatoms. The van der Waals surface area contributed by atoms with Gasteiger partial charge in [-0.05, 0) is 41.5 Å². The molecule has 0 aliphatic heterocycles. The Hall–Kier alpha value is -0.140. The van der Waals surface area contributed by atoms with Crippen LogP contribution in [0.4, 0.5) is 0 Å². The number of thiophene rings is 1. The van der Waals surface area contributed by atoms with Crippen LogP contribution in [-0.2, 0) is 0 Å². The van der Waals surface area contributed by atoms with Gasteiger partial charge in [-0.1, -0.05) is 0 Å². The lowest BCUT2D eigenvalue weighted by atomic mass is 10.2. The summed E-state index contributed by atoms with van der Waals surface area (Å²) in [4.78, 5) is 11.7. The van der Waals surface area contributed by atoms with E-state index in [9.17, 15) is 4.79 Å². The standard InChI is InChI=1S/C9H10INO2S/c10-7-3-6(4-14-7)8(13)11-9(5-12)1-2-9/h3-4,12H,1-2,5H2,(H,11,13). The molecular formula is C9H10INO2S. The van der Waals surface area contributed by atoms with Gasteiger partial charge in [-0.15, -0.1) is 11.3 Å². The normalized spacial score (nSPS) is 17.9. The van der Waals surface area contributed by atoms with E-state index in [1.54, 1.807) is 11.3 Å². The van der Waals surface area contributed by atoms with Crippen LogP contribution in [0.15, 0.2) is 11.4 Å². The Morgan fingerprint density at radius 1 is 1.71 bits per heavy atom. The molecule has 3 nitrogen and oxygen atoms in total. The smallest absolute Gasteiger partial charge is 0.252 e. The molecule has 1 saturated carbocycles. The van der Waals surface area contributed by atoms with Crippen molar-refractivity contribution in [3.63, 3.8) is 0 Å². The maximum atomic E-state index is 11.7. The predicted molar refractivity (Wildman–Crippen MR) is 63.6 cm³/mol. The summed E-state index contributed by atoms with van der Waals surface area (Å²) in [6, 6.07) is 1.86. The predicted octanol–water partition coefficient (Wildman–Crippen LogP) is 1.61. The number of aliphatic hydroxyl groups excluding tert-OH is 1. The van der Waals surface area contributed by atoms with Crippen LogP contribution in [0.3, 0.4) is 0 Å². The highest BCUT2D eigenvalue weighted by molar-refractivity contribution is 14.1. The fourth-order valence-corrected chi connectivity index (χ4v) is 2.54. The minimum atomic E-state index is -0.315. The van der Waals surface area contributed by atoms with Crippen LogP contribution < -0.4 is 5.32 Å². The average molecular weight is 323 g/mol. The molecule has 1 amide bonds. The zero-order valence-corrected chi connectivity index (χ0v) is 10.4. The fourth-order valence-electron chi connectivity index (χ4n) is 1.22. The van der Waals surface area contributed by atoms with Gasteiger partial charge in [-0.2, -0.15) is 0 Å². The quantitative estimate of drug-likeness (QED) is 0.831. The third kappa shape index (κ3) is 2.09. The molecular weight excluding hydrogens is 313 g/mol. The largest absolute Gasteiger partial charge is 0.394 e. The number of hydrogen-bond acceptors (Lipinski definition) is 3. The Kier molecular flexibility index (Phi) is 2.81. The summed E-state index contributed by atoms with van der Waals surface area (Å²) in [5.41, 5.74) is 0.379. The van der Waals surface area contributed by atoms with Gasteiger partial charge in [0.15, 0.2) is 0 Å². The van der Waals surface area contributed by atoms with Crippen LogP contribution in [0.25, 0.3) is 0 Å². The van der Waals surface area contributed by atoms with E-state index in [1.807, 2.05) is 11.4 Å². The maximum Gasteiger partial charge on any atom is 0.252 e. The van der Waals surface area contributed by atoms with E-state index >= 15 is 0 Å². The van der Waals surface area contributed by atoms with Gasteiger partial charge in [-0.25, -0.2) is 0 Å². The molecule has 76 valence electrons. The summed E-state index contributed by atoms with van der Waals surface area (Å²) in [5, 5.41) is 13.7. The SMILES string of the molecule is O=C(NC1(CO)CC1)c1csc(I)c1. The zero-order valence-electron chi connectivity index (χ0n) is 7.42. The lowest BCUT2D eigenvalue weighted by Crippen LogP contribution is -2.39. The molecule has 0 radical (unpaired) electrons. The number of nitrogens with one attached hydrogen (secondary N) is 1. The molecule has 1 fully saturated rings. The fraction of sp³-hybridized carbons (Fsp3) is 0.444. The number of rotatable bonds is 3. The van der Waals surface area contributed by atoms with Crippen molar-refractivity contribution in [2.45, 2.75) is 18.4 Å². The van der Waals surface area contributed by atoms with Crippen molar-refractivity contribution in [3.05, 3.63) is 19.9 Å². The monoisotopic (exact) mass is 323 g/mol. The molecule has 0 unspecified atom stereocenters. The van der Waals surface area contributed by atoms with Crippen molar-refractivity contribution in [2.75, 3.05) is 6.61 Å². The van der Waals surface area contributed by atoms with E-state index in [0.717, 1.165) is 15.7 Å². The minimum absolute atomic E-state index is 0.0416. The zero-order chi connectivity index (χ0) is 10.2. The minimum Gasteiger partial charge on any atom is -0.394 e. The summed E-state index contributed by atoms with van der Waals surface area (Å²) in [7, 11) is 0. The topological polar surface area (TPSA) is 49.3 Å². The van der Waals surface area contributed by atoms with Gasteiger partial charge in [0.1, 0.15) is 0 Å². The highest BCUT2D eigenvalue weighted by Crippen LogP contribution is 2.35. The maximum absolute atomic E-state index is 11.7. The van der Waals surface area contributed by atoms with E-state index in [2.05, 4.69) is 27.9 Å². The molecule has 1 heterocycles. The molecule has 2 N–H and O–H groups in total. The molecule has 0 atom stereocenters. The highest BCUT2D eigenvalue weighted by Gasteiger charge is 2.43. The molecule has 1 aromatic heterocycles. The third-order valence-corrected chi connectivity index (χ3v) is 4.15. The van der Waals surface area contributed by atoms with Gasteiger partial charge < -0.3 is 10.4 Å². The van der Waals surface area contributed by atoms with Crippen LogP contribution in [0.2, 0.25) is 0 Å². The lowest BCUT2D eigenvalue weighted by Gasteiger charge is -2.13. The first-order chi connectivity index (χ1) is 6.65. The second kappa shape index (κ2) is 3.79.